The molecule has 0 atom stereocenters. The Morgan fingerprint density at radius 2 is 1.81 bits per heavy atom. The highest BCUT2D eigenvalue weighted by Gasteiger charge is 2.34. The van der Waals surface area contributed by atoms with E-state index in [1.807, 2.05) is 0 Å². The van der Waals surface area contributed by atoms with Gasteiger partial charge in [-0.15, -0.1) is 0 Å². The molecule has 0 radical (unpaired) electrons. The minimum atomic E-state index is -4.76. The Kier molecular flexibility index (Phi) is 4.43. The van der Waals surface area contributed by atoms with Crippen molar-refractivity contribution in [1.29, 1.82) is 0 Å². The van der Waals surface area contributed by atoms with E-state index >= 15 is 0 Å². The molecule has 0 aliphatic carbocycles. The highest BCUT2D eigenvalue weighted by Crippen LogP contribution is 2.34. The summed E-state index contributed by atoms with van der Waals surface area (Å²) in [7, 11) is 0. The maximum absolute atomic E-state index is 13.1. The fraction of sp³-hybridized carbons (Fsp3) is 0.0667. The van der Waals surface area contributed by atoms with E-state index in [1.54, 1.807) is 0 Å². The molecule has 0 saturated carbocycles. The third-order valence-corrected chi connectivity index (χ3v) is 3.07. The summed E-state index contributed by atoms with van der Waals surface area (Å²) in [5.41, 5.74) is -0.975. The molecule has 0 N–H and O–H groups in total. The maximum Gasteiger partial charge on any atom is 0.433 e. The molecule has 0 aliphatic rings. The molecular formula is C15H8F3N5O3. The van der Waals surface area contributed by atoms with Crippen LogP contribution in [0.2, 0.25) is 0 Å². The van der Waals surface area contributed by atoms with Crippen LogP contribution in [0.1, 0.15) is 5.69 Å². The van der Waals surface area contributed by atoms with Gasteiger partial charge in [0.15, 0.2) is 11.5 Å². The SMILES string of the molecule is O=[N+]([O-])c1ncccc1Oc1cc(C(F)(F)F)nc(-c2ccncc2)n1. The van der Waals surface area contributed by atoms with Gasteiger partial charge in [-0.25, -0.2) is 4.98 Å². The van der Waals surface area contributed by atoms with Crippen molar-refractivity contribution >= 4 is 5.82 Å². The van der Waals surface area contributed by atoms with Crippen LogP contribution in [0.15, 0.2) is 48.9 Å². The Balaban J connectivity index is 2.09. The molecule has 0 aliphatic heterocycles. The van der Waals surface area contributed by atoms with E-state index in [2.05, 4.69) is 19.9 Å². The van der Waals surface area contributed by atoms with Gasteiger partial charge in [-0.3, -0.25) is 4.98 Å². The van der Waals surface area contributed by atoms with E-state index in [9.17, 15) is 23.3 Å². The standard InChI is InChI=1S/C15H8F3N5O3/c16-15(17,18)11-8-12(22-13(21-11)9-3-6-19-7-4-9)26-10-2-1-5-20-14(10)23(24)25/h1-8H. The minimum Gasteiger partial charge on any atom is -0.430 e. The van der Waals surface area contributed by atoms with Crippen LogP contribution in [-0.2, 0) is 6.18 Å². The van der Waals surface area contributed by atoms with Crippen molar-refractivity contribution in [2.24, 2.45) is 0 Å². The number of nitro groups is 1. The molecule has 26 heavy (non-hydrogen) atoms. The van der Waals surface area contributed by atoms with Crippen LogP contribution in [-0.4, -0.2) is 24.9 Å². The smallest absolute Gasteiger partial charge is 0.430 e. The summed E-state index contributed by atoms with van der Waals surface area (Å²) in [5.74, 6) is -1.76. The summed E-state index contributed by atoms with van der Waals surface area (Å²) in [6, 6.07) is 5.95. The molecule has 0 bridgehead atoms. The Hall–Kier alpha value is -3.63. The quantitative estimate of drug-likeness (QED) is 0.515. The zero-order chi connectivity index (χ0) is 18.7. The molecule has 3 heterocycles. The van der Waals surface area contributed by atoms with Crippen LogP contribution in [0.5, 0.6) is 11.6 Å². The number of hydrogen-bond acceptors (Lipinski definition) is 7. The molecule has 0 amide bonds. The molecule has 11 heteroatoms. The topological polar surface area (TPSA) is 104 Å². The Labute approximate surface area is 143 Å². The van der Waals surface area contributed by atoms with Crippen LogP contribution < -0.4 is 4.74 Å². The largest absolute Gasteiger partial charge is 0.433 e. The average molecular weight is 363 g/mol. The van der Waals surface area contributed by atoms with E-state index in [0.717, 1.165) is 6.20 Å². The van der Waals surface area contributed by atoms with E-state index < -0.39 is 28.5 Å². The predicted octanol–water partition coefficient (Wildman–Crippen LogP) is 3.65. The van der Waals surface area contributed by atoms with Gasteiger partial charge in [0.2, 0.25) is 11.6 Å². The highest BCUT2D eigenvalue weighted by atomic mass is 19.4. The van der Waals surface area contributed by atoms with Gasteiger partial charge in [-0.05, 0) is 34.2 Å². The lowest BCUT2D eigenvalue weighted by molar-refractivity contribution is -0.390. The van der Waals surface area contributed by atoms with Crippen molar-refractivity contribution in [2.75, 3.05) is 0 Å². The van der Waals surface area contributed by atoms with Crippen LogP contribution >= 0.6 is 0 Å². The van der Waals surface area contributed by atoms with Crippen molar-refractivity contribution in [3.63, 3.8) is 0 Å². The van der Waals surface area contributed by atoms with Crippen molar-refractivity contribution in [2.45, 2.75) is 6.18 Å². The zero-order valence-electron chi connectivity index (χ0n) is 12.7. The summed E-state index contributed by atoms with van der Waals surface area (Å²) >= 11 is 0. The molecule has 0 aromatic carbocycles. The molecule has 0 saturated heterocycles. The number of aromatic nitrogens is 4. The summed E-state index contributed by atoms with van der Waals surface area (Å²) in [5, 5.41) is 11.0. The van der Waals surface area contributed by atoms with Crippen LogP contribution in [0, 0.1) is 10.1 Å². The van der Waals surface area contributed by atoms with Gasteiger partial charge in [-0.2, -0.15) is 18.2 Å². The van der Waals surface area contributed by atoms with Crippen molar-refractivity contribution in [3.05, 3.63) is 64.7 Å². The molecule has 8 nitrogen and oxygen atoms in total. The number of ether oxygens (including phenoxy) is 1. The molecule has 3 rings (SSSR count). The second-order valence-electron chi connectivity index (χ2n) is 4.83. The fourth-order valence-electron chi connectivity index (χ4n) is 1.96. The number of alkyl halides is 3. The number of halogens is 3. The zero-order valence-corrected chi connectivity index (χ0v) is 12.7. The van der Waals surface area contributed by atoms with Crippen molar-refractivity contribution in [3.8, 4) is 23.0 Å². The predicted molar refractivity (Wildman–Crippen MR) is 81.2 cm³/mol. The van der Waals surface area contributed by atoms with E-state index in [-0.39, 0.29) is 17.1 Å². The Bertz CT molecular complexity index is 951. The van der Waals surface area contributed by atoms with Gasteiger partial charge in [0.25, 0.3) is 0 Å². The van der Waals surface area contributed by atoms with Gasteiger partial charge in [0.1, 0.15) is 6.20 Å². The lowest BCUT2D eigenvalue weighted by atomic mass is 10.2. The molecule has 0 spiro atoms. The van der Waals surface area contributed by atoms with E-state index in [1.165, 1.54) is 36.7 Å². The minimum absolute atomic E-state index is 0.260. The normalized spacial score (nSPS) is 11.2. The van der Waals surface area contributed by atoms with Gasteiger partial charge in [0.05, 0.1) is 0 Å². The average Bonchev–Trinajstić information content (AvgIpc) is 2.62. The van der Waals surface area contributed by atoms with Gasteiger partial charge in [0, 0.05) is 24.0 Å². The lowest BCUT2D eigenvalue weighted by Crippen LogP contribution is -2.10. The first kappa shape index (κ1) is 17.2. The fourth-order valence-corrected chi connectivity index (χ4v) is 1.96. The van der Waals surface area contributed by atoms with Gasteiger partial charge < -0.3 is 14.9 Å². The number of hydrogen-bond donors (Lipinski definition) is 0. The maximum atomic E-state index is 13.1. The summed E-state index contributed by atoms with van der Waals surface area (Å²) in [6.45, 7) is 0. The highest BCUT2D eigenvalue weighted by molar-refractivity contribution is 5.55. The third kappa shape index (κ3) is 3.71. The van der Waals surface area contributed by atoms with Crippen LogP contribution in [0.25, 0.3) is 11.4 Å². The molecule has 0 unspecified atom stereocenters. The first-order valence-electron chi connectivity index (χ1n) is 6.98. The second kappa shape index (κ2) is 6.70. The Morgan fingerprint density at radius 1 is 1.08 bits per heavy atom. The van der Waals surface area contributed by atoms with Gasteiger partial charge in [-0.1, -0.05) is 0 Å². The first-order chi connectivity index (χ1) is 12.3. The van der Waals surface area contributed by atoms with E-state index in [4.69, 9.17) is 4.74 Å². The van der Waals surface area contributed by atoms with E-state index in [0.29, 0.717) is 6.07 Å². The lowest BCUT2D eigenvalue weighted by Gasteiger charge is -2.11. The second-order valence-corrected chi connectivity index (χ2v) is 4.83. The Morgan fingerprint density at radius 3 is 2.46 bits per heavy atom. The molecule has 0 fully saturated rings. The molecular weight excluding hydrogens is 355 g/mol. The first-order valence-corrected chi connectivity index (χ1v) is 6.98. The number of nitrogens with zero attached hydrogens (tertiary/aromatic N) is 5. The summed E-state index contributed by atoms with van der Waals surface area (Å²) < 4.78 is 44.6. The van der Waals surface area contributed by atoms with Crippen LogP contribution in [0.3, 0.4) is 0 Å². The molecule has 3 aromatic heterocycles. The number of pyridine rings is 2. The van der Waals surface area contributed by atoms with Crippen molar-refractivity contribution < 1.29 is 22.8 Å². The number of rotatable bonds is 4. The molecule has 3 aromatic rings. The third-order valence-electron chi connectivity index (χ3n) is 3.07. The summed E-state index contributed by atoms with van der Waals surface area (Å²) in [4.78, 5) is 24.8. The van der Waals surface area contributed by atoms with Crippen LogP contribution in [0.4, 0.5) is 19.0 Å². The molecule has 132 valence electrons. The summed E-state index contributed by atoms with van der Waals surface area (Å²) in [6.07, 6.45) is -0.866. The van der Waals surface area contributed by atoms with Gasteiger partial charge >= 0.3 is 12.0 Å². The van der Waals surface area contributed by atoms with Crippen molar-refractivity contribution in [1.82, 2.24) is 19.9 Å². The monoisotopic (exact) mass is 363 g/mol.